The second-order valence-electron chi connectivity index (χ2n) is 10.6. The molecule has 0 spiro atoms. The minimum Gasteiger partial charge on any atom is -0.491 e. The Morgan fingerprint density at radius 2 is 1.96 bits per heavy atom. The lowest BCUT2D eigenvalue weighted by Crippen LogP contribution is -2.22. The highest BCUT2D eigenvalue weighted by Crippen LogP contribution is 2.29. The summed E-state index contributed by atoms with van der Waals surface area (Å²) in [6.45, 7) is 2.97. The maximum absolute atomic E-state index is 14.6. The average Bonchev–Trinajstić information content (AvgIpc) is 3.69. The van der Waals surface area contributed by atoms with E-state index in [1.165, 1.54) is 34.8 Å². The van der Waals surface area contributed by atoms with Crippen LogP contribution in [0.4, 0.5) is 20.5 Å². The largest absolute Gasteiger partial charge is 0.491 e. The fourth-order valence-electron chi connectivity index (χ4n) is 4.47. The van der Waals surface area contributed by atoms with E-state index in [2.05, 4.69) is 48.0 Å². The number of aromatic nitrogens is 4. The topological polar surface area (TPSA) is 175 Å². The van der Waals surface area contributed by atoms with Crippen molar-refractivity contribution >= 4 is 54.9 Å². The molecule has 12 nitrogen and oxygen atoms in total. The van der Waals surface area contributed by atoms with Gasteiger partial charge in [-0.15, -0.1) is 16.4 Å². The summed E-state index contributed by atoms with van der Waals surface area (Å²) in [6.07, 6.45) is 0.490. The summed E-state index contributed by atoms with van der Waals surface area (Å²) < 4.78 is 21.3. The molecule has 1 atom stereocenters. The molecule has 3 heterocycles. The van der Waals surface area contributed by atoms with Gasteiger partial charge < -0.3 is 36.0 Å². The number of hydrogen-bond acceptors (Lipinski definition) is 13. The van der Waals surface area contributed by atoms with E-state index in [4.69, 9.17) is 9.84 Å². The van der Waals surface area contributed by atoms with Crippen LogP contribution in [0.1, 0.15) is 45.0 Å². The van der Waals surface area contributed by atoms with Gasteiger partial charge in [-0.2, -0.15) is 5.10 Å². The van der Waals surface area contributed by atoms with Crippen molar-refractivity contribution < 1.29 is 29.2 Å². The number of nitrogens with zero attached hydrogens (tertiary/aromatic N) is 4. The van der Waals surface area contributed by atoms with E-state index < -0.39 is 17.9 Å². The number of thiazole rings is 2. The molecule has 0 saturated carbocycles. The number of carboxylic acids is 1. The van der Waals surface area contributed by atoms with Gasteiger partial charge in [0, 0.05) is 10.4 Å². The zero-order chi connectivity index (χ0) is 33.9. The molecular formula is C33H34FN7O5S2. The molecule has 0 bridgehead atoms. The number of aromatic carboxylic acids is 1. The van der Waals surface area contributed by atoms with Crippen molar-refractivity contribution in [3.05, 3.63) is 81.7 Å². The van der Waals surface area contributed by atoms with Gasteiger partial charge in [0.05, 0.1) is 48.3 Å². The average molecular weight is 692 g/mol. The van der Waals surface area contributed by atoms with E-state index in [0.29, 0.717) is 66.0 Å². The molecule has 5 rings (SSSR count). The van der Waals surface area contributed by atoms with E-state index in [-0.39, 0.29) is 24.7 Å². The summed E-state index contributed by atoms with van der Waals surface area (Å²) in [5, 5.41) is 47.0. The Balaban J connectivity index is 1.09. The van der Waals surface area contributed by atoms with E-state index in [1.54, 1.807) is 6.07 Å². The summed E-state index contributed by atoms with van der Waals surface area (Å²) in [6, 6.07) is 14.2. The number of halogens is 1. The van der Waals surface area contributed by atoms with Gasteiger partial charge in [-0.3, -0.25) is 0 Å². The van der Waals surface area contributed by atoms with Crippen molar-refractivity contribution in [3.8, 4) is 17.6 Å². The highest BCUT2D eigenvalue weighted by atomic mass is 32.1. The van der Waals surface area contributed by atoms with E-state index in [9.17, 15) is 19.4 Å². The van der Waals surface area contributed by atoms with Crippen LogP contribution < -0.4 is 20.7 Å². The number of aryl methyl sites for hydroxylation is 2. The number of fused-ring (bicyclic) bond motifs is 1. The zero-order valence-corrected chi connectivity index (χ0v) is 27.6. The Hall–Kier alpha value is -4.72. The number of hydrogen-bond donors (Lipinski definition) is 6. The lowest BCUT2D eigenvalue weighted by molar-refractivity contribution is 0.0690. The molecular weight excluding hydrogens is 658 g/mol. The molecule has 2 aromatic carbocycles. The lowest BCUT2D eigenvalue weighted by Gasteiger charge is -2.07. The number of para-hydroxylation sites is 1. The van der Waals surface area contributed by atoms with Crippen molar-refractivity contribution in [2.75, 3.05) is 36.9 Å². The minimum absolute atomic E-state index is 0.0340. The van der Waals surface area contributed by atoms with Gasteiger partial charge in [-0.25, -0.2) is 19.2 Å². The molecule has 6 N–H and O–H groups in total. The molecule has 0 aliphatic rings. The molecule has 15 heteroatoms. The highest BCUT2D eigenvalue weighted by Gasteiger charge is 2.18. The lowest BCUT2D eigenvalue weighted by atomic mass is 10.2. The van der Waals surface area contributed by atoms with Crippen LogP contribution in [-0.4, -0.2) is 73.9 Å². The Kier molecular flexibility index (Phi) is 12.2. The first-order valence-corrected chi connectivity index (χ1v) is 16.8. The van der Waals surface area contributed by atoms with Crippen LogP contribution in [-0.2, 0) is 13.0 Å². The standard InChI is InChI=1S/C33H34FN7O5S2/c1-20-16-22(40-41-30(20)39-33-37-25-7-2-3-8-27(25)47-33)18-36-32-38-29(31(44)45)28(48-32)9-5-15-46-26-11-10-21(17-24(26)34)6-4-13-35-14-12-23(43)19-42/h2-3,7-8,10-11,16-17,23,35,42-43H,5,9,12-15,18-19H2,1H3,(H,36,38)(H,44,45)(H,37,39,41)/t23-/m1/s1. The van der Waals surface area contributed by atoms with Gasteiger partial charge in [0.25, 0.3) is 0 Å². The van der Waals surface area contributed by atoms with Gasteiger partial charge in [-0.05, 0) is 74.7 Å². The Morgan fingerprint density at radius 3 is 2.73 bits per heavy atom. The van der Waals surface area contributed by atoms with Crippen LogP contribution >= 0.6 is 22.7 Å². The summed E-state index contributed by atoms with van der Waals surface area (Å²) >= 11 is 2.77. The first-order chi connectivity index (χ1) is 23.3. The first kappa shape index (κ1) is 34.6. The van der Waals surface area contributed by atoms with Crippen LogP contribution in [0.5, 0.6) is 5.75 Å². The van der Waals surface area contributed by atoms with Gasteiger partial charge in [0.15, 0.2) is 33.3 Å². The zero-order valence-electron chi connectivity index (χ0n) is 26.0. The Bertz CT molecular complexity index is 1890. The molecule has 0 unspecified atom stereocenters. The van der Waals surface area contributed by atoms with Gasteiger partial charge in [0.2, 0.25) is 0 Å². The van der Waals surface area contributed by atoms with Crippen LogP contribution in [0.15, 0.2) is 48.5 Å². The number of anilines is 3. The number of nitrogens with one attached hydrogen (secondary N) is 3. The van der Waals surface area contributed by atoms with Gasteiger partial charge in [0.1, 0.15) is 0 Å². The molecule has 0 fully saturated rings. The number of ether oxygens (including phenoxy) is 1. The second kappa shape index (κ2) is 16.9. The maximum atomic E-state index is 14.6. The number of carboxylic acid groups (broad SMARTS) is 1. The normalized spacial score (nSPS) is 11.6. The number of carbonyl (C=O) groups is 1. The molecule has 0 aliphatic heterocycles. The first-order valence-electron chi connectivity index (χ1n) is 15.1. The van der Waals surface area contributed by atoms with Crippen molar-refractivity contribution in [1.29, 1.82) is 0 Å². The van der Waals surface area contributed by atoms with Crippen molar-refractivity contribution in [2.24, 2.45) is 0 Å². The summed E-state index contributed by atoms with van der Waals surface area (Å²) in [7, 11) is 0. The highest BCUT2D eigenvalue weighted by molar-refractivity contribution is 7.22. The van der Waals surface area contributed by atoms with Crippen molar-refractivity contribution in [2.45, 2.75) is 38.8 Å². The molecule has 0 amide bonds. The monoisotopic (exact) mass is 691 g/mol. The smallest absolute Gasteiger partial charge is 0.355 e. The van der Waals surface area contributed by atoms with E-state index >= 15 is 0 Å². The number of benzene rings is 2. The molecule has 0 radical (unpaired) electrons. The third-order valence-electron chi connectivity index (χ3n) is 6.92. The number of aliphatic hydroxyl groups excluding tert-OH is 2. The second-order valence-corrected chi connectivity index (χ2v) is 12.7. The molecule has 48 heavy (non-hydrogen) atoms. The quantitative estimate of drug-likeness (QED) is 0.0621. The SMILES string of the molecule is Cc1cc(CNc2nc(C(=O)O)c(CCCOc3ccc(C#CCNCC[C@@H](O)CO)cc3F)s2)nnc1Nc1nc2ccccc2s1. The molecule has 5 aromatic rings. The molecule has 0 aliphatic carbocycles. The summed E-state index contributed by atoms with van der Waals surface area (Å²) in [5.74, 6) is 4.75. The van der Waals surface area contributed by atoms with E-state index in [0.717, 1.165) is 20.9 Å². The van der Waals surface area contributed by atoms with Gasteiger partial charge >= 0.3 is 5.97 Å². The van der Waals surface area contributed by atoms with Crippen LogP contribution in [0.2, 0.25) is 0 Å². The fraction of sp³-hybridized carbons (Fsp3) is 0.303. The minimum atomic E-state index is -1.13. The van der Waals surface area contributed by atoms with Crippen molar-refractivity contribution in [3.63, 3.8) is 0 Å². The fourth-order valence-corrected chi connectivity index (χ4v) is 6.33. The number of aliphatic hydroxyl groups is 2. The maximum Gasteiger partial charge on any atom is 0.355 e. The third kappa shape index (κ3) is 9.66. The van der Waals surface area contributed by atoms with Gasteiger partial charge in [-0.1, -0.05) is 35.3 Å². The molecule has 250 valence electrons. The van der Waals surface area contributed by atoms with E-state index in [1.807, 2.05) is 37.3 Å². The predicted molar refractivity (Wildman–Crippen MR) is 184 cm³/mol. The predicted octanol–water partition coefficient (Wildman–Crippen LogP) is 4.74. The number of rotatable bonds is 16. The van der Waals surface area contributed by atoms with Crippen LogP contribution in [0.25, 0.3) is 10.2 Å². The Morgan fingerprint density at radius 1 is 1.10 bits per heavy atom. The molecule has 3 aromatic heterocycles. The summed E-state index contributed by atoms with van der Waals surface area (Å²) in [4.78, 5) is 21.3. The Labute approximate surface area is 284 Å². The van der Waals surface area contributed by atoms with Crippen LogP contribution in [0.3, 0.4) is 0 Å². The molecule has 0 saturated heterocycles. The van der Waals surface area contributed by atoms with Crippen LogP contribution in [0, 0.1) is 24.6 Å². The third-order valence-corrected chi connectivity index (χ3v) is 8.95. The van der Waals surface area contributed by atoms with Crippen molar-refractivity contribution in [1.82, 2.24) is 25.5 Å². The summed E-state index contributed by atoms with van der Waals surface area (Å²) in [5.41, 5.74) is 2.91.